The van der Waals surface area contributed by atoms with E-state index in [2.05, 4.69) is 72.2 Å². The Morgan fingerprint density at radius 2 is 1.93 bits per heavy atom. The highest BCUT2D eigenvalue weighted by molar-refractivity contribution is 5.89. The summed E-state index contributed by atoms with van der Waals surface area (Å²) in [6.07, 6.45) is 4.37. The Balaban J connectivity index is 1.41. The number of fused-ring (bicyclic) bond motifs is 2. The lowest BCUT2D eigenvalue weighted by atomic mass is 9.72. The fourth-order valence-corrected chi connectivity index (χ4v) is 5.62. The Bertz CT molecular complexity index is 1070. The number of hydrogen-bond acceptors (Lipinski definition) is 2. The van der Waals surface area contributed by atoms with E-state index in [0.717, 1.165) is 24.9 Å². The molecule has 0 saturated carbocycles. The van der Waals surface area contributed by atoms with Gasteiger partial charge in [-0.2, -0.15) is 0 Å². The summed E-state index contributed by atoms with van der Waals surface area (Å²) in [5.74, 6) is 0.626. The molecule has 0 radical (unpaired) electrons. The standard InChI is InChI=1S/C26H31N3O/c1-17(2)29-16-19-13-24-22(21-10-7-11-23(29)25(19)21)12-20(15-28(24)3)26(30)27-14-18-8-5-4-6-9-18/h4-11,16-17,20,22,24H,12-15H2,1-3H3,(H,27,30)/t20-,22?,24-/m1/s1. The molecule has 2 aromatic carbocycles. The molecular formula is C26H31N3O. The minimum absolute atomic E-state index is 0.0314. The fourth-order valence-electron chi connectivity index (χ4n) is 5.62. The third-order valence-corrected chi connectivity index (χ3v) is 7.11. The van der Waals surface area contributed by atoms with Gasteiger partial charge in [0.05, 0.1) is 5.92 Å². The van der Waals surface area contributed by atoms with E-state index in [-0.39, 0.29) is 11.8 Å². The van der Waals surface area contributed by atoms with Crippen LogP contribution in [0.25, 0.3) is 10.9 Å². The number of amides is 1. The molecule has 4 nitrogen and oxygen atoms in total. The number of benzene rings is 2. The van der Waals surface area contributed by atoms with Crippen molar-refractivity contribution in [3.63, 3.8) is 0 Å². The first kappa shape index (κ1) is 19.4. The molecule has 1 N–H and O–H groups in total. The lowest BCUT2D eigenvalue weighted by molar-refractivity contribution is -0.127. The van der Waals surface area contributed by atoms with Crippen LogP contribution in [0.15, 0.2) is 54.7 Å². The zero-order valence-corrected chi connectivity index (χ0v) is 18.1. The molecule has 1 fully saturated rings. The second kappa shape index (κ2) is 7.59. The third kappa shape index (κ3) is 3.24. The number of nitrogens with zero attached hydrogens (tertiary/aromatic N) is 2. The SMILES string of the molecule is CC(C)n1cc2c3c(cccc31)C1C[C@@H](C(=O)NCc3ccccc3)CN(C)[C@@H]1C2. The van der Waals surface area contributed by atoms with Gasteiger partial charge < -0.3 is 14.8 Å². The Morgan fingerprint density at radius 1 is 1.13 bits per heavy atom. The Kier molecular flexibility index (Phi) is 4.90. The maximum atomic E-state index is 13.0. The topological polar surface area (TPSA) is 37.3 Å². The Hall–Kier alpha value is -2.59. The number of aromatic nitrogens is 1. The van der Waals surface area contributed by atoms with Crippen molar-refractivity contribution in [1.82, 2.24) is 14.8 Å². The van der Waals surface area contributed by atoms with E-state index in [1.54, 1.807) is 0 Å². The van der Waals surface area contributed by atoms with Gasteiger partial charge in [-0.3, -0.25) is 4.79 Å². The number of piperidine rings is 1. The Labute approximate surface area is 178 Å². The highest BCUT2D eigenvalue weighted by Gasteiger charge is 2.41. The van der Waals surface area contributed by atoms with Gasteiger partial charge in [-0.1, -0.05) is 42.5 Å². The minimum Gasteiger partial charge on any atom is -0.352 e. The molecule has 0 spiro atoms. The molecule has 5 rings (SSSR count). The number of rotatable bonds is 4. The largest absolute Gasteiger partial charge is 0.352 e. The van der Waals surface area contributed by atoms with Crippen LogP contribution < -0.4 is 5.32 Å². The quantitative estimate of drug-likeness (QED) is 0.699. The summed E-state index contributed by atoms with van der Waals surface area (Å²) in [6, 6.07) is 17.8. The molecular weight excluding hydrogens is 370 g/mol. The van der Waals surface area contributed by atoms with Gasteiger partial charge in [0.1, 0.15) is 0 Å². The first-order valence-corrected chi connectivity index (χ1v) is 11.2. The molecule has 1 aromatic heterocycles. The lowest BCUT2D eigenvalue weighted by Gasteiger charge is -2.45. The average molecular weight is 402 g/mol. The number of carbonyl (C=O) groups is 1. The van der Waals surface area contributed by atoms with Crippen LogP contribution in [0.5, 0.6) is 0 Å². The van der Waals surface area contributed by atoms with E-state index >= 15 is 0 Å². The predicted octanol–water partition coefficient (Wildman–Crippen LogP) is 4.50. The molecule has 1 amide bonds. The summed E-state index contributed by atoms with van der Waals surface area (Å²) >= 11 is 0. The van der Waals surface area contributed by atoms with Crippen molar-refractivity contribution in [2.75, 3.05) is 13.6 Å². The van der Waals surface area contributed by atoms with Crippen molar-refractivity contribution < 1.29 is 4.79 Å². The van der Waals surface area contributed by atoms with Gasteiger partial charge in [0.2, 0.25) is 5.91 Å². The van der Waals surface area contributed by atoms with Crippen LogP contribution in [-0.4, -0.2) is 35.0 Å². The van der Waals surface area contributed by atoms with Crippen LogP contribution in [0.3, 0.4) is 0 Å². The molecule has 156 valence electrons. The second-order valence-corrected chi connectivity index (χ2v) is 9.35. The molecule has 30 heavy (non-hydrogen) atoms. The predicted molar refractivity (Wildman–Crippen MR) is 122 cm³/mol. The van der Waals surface area contributed by atoms with Crippen molar-refractivity contribution in [2.24, 2.45) is 5.92 Å². The fraction of sp³-hybridized carbons (Fsp3) is 0.423. The molecule has 4 heteroatoms. The van der Waals surface area contributed by atoms with Gasteiger partial charge in [0, 0.05) is 48.2 Å². The number of hydrogen-bond donors (Lipinski definition) is 1. The maximum Gasteiger partial charge on any atom is 0.224 e. The summed E-state index contributed by atoms with van der Waals surface area (Å²) < 4.78 is 2.41. The number of likely N-dealkylation sites (N-methyl/N-ethyl adjacent to an activating group) is 1. The van der Waals surface area contributed by atoms with Gasteiger partial charge in [-0.15, -0.1) is 0 Å². The van der Waals surface area contributed by atoms with Crippen LogP contribution in [0.2, 0.25) is 0 Å². The molecule has 1 unspecified atom stereocenters. The molecule has 3 atom stereocenters. The first-order chi connectivity index (χ1) is 14.5. The van der Waals surface area contributed by atoms with Gasteiger partial charge in [-0.25, -0.2) is 0 Å². The Morgan fingerprint density at radius 3 is 2.70 bits per heavy atom. The second-order valence-electron chi connectivity index (χ2n) is 9.35. The van der Waals surface area contributed by atoms with E-state index in [1.165, 1.54) is 22.0 Å². The first-order valence-electron chi connectivity index (χ1n) is 11.2. The van der Waals surface area contributed by atoms with Crippen molar-refractivity contribution in [3.05, 3.63) is 71.4 Å². The van der Waals surface area contributed by atoms with Crippen LogP contribution in [0.1, 0.15) is 48.9 Å². The van der Waals surface area contributed by atoms with Crippen LogP contribution in [0.4, 0.5) is 0 Å². The highest BCUT2D eigenvalue weighted by atomic mass is 16.1. The van der Waals surface area contributed by atoms with E-state index in [9.17, 15) is 4.79 Å². The van der Waals surface area contributed by atoms with E-state index < -0.39 is 0 Å². The number of likely N-dealkylation sites (tertiary alicyclic amines) is 1. The summed E-state index contributed by atoms with van der Waals surface area (Å²) in [5.41, 5.74) is 5.39. The number of carbonyl (C=O) groups excluding carboxylic acids is 1. The van der Waals surface area contributed by atoms with E-state index in [1.807, 2.05) is 18.2 Å². The smallest absolute Gasteiger partial charge is 0.224 e. The van der Waals surface area contributed by atoms with E-state index in [0.29, 0.717) is 24.5 Å². The van der Waals surface area contributed by atoms with E-state index in [4.69, 9.17) is 0 Å². The average Bonchev–Trinajstić information content (AvgIpc) is 3.13. The summed E-state index contributed by atoms with van der Waals surface area (Å²) in [5, 5.41) is 4.61. The van der Waals surface area contributed by atoms with Gasteiger partial charge in [-0.05, 0) is 56.5 Å². The molecule has 1 saturated heterocycles. The van der Waals surface area contributed by atoms with Gasteiger partial charge >= 0.3 is 0 Å². The zero-order chi connectivity index (χ0) is 20.8. The summed E-state index contributed by atoms with van der Waals surface area (Å²) in [6.45, 7) is 5.93. The van der Waals surface area contributed by atoms with Crippen LogP contribution in [0, 0.1) is 5.92 Å². The highest BCUT2D eigenvalue weighted by Crippen LogP contribution is 2.45. The van der Waals surface area contributed by atoms with Crippen molar-refractivity contribution in [3.8, 4) is 0 Å². The molecule has 1 aliphatic carbocycles. The lowest BCUT2D eigenvalue weighted by Crippen LogP contribution is -2.51. The minimum atomic E-state index is 0.0314. The van der Waals surface area contributed by atoms with Crippen LogP contribution >= 0.6 is 0 Å². The van der Waals surface area contributed by atoms with Crippen molar-refractivity contribution in [1.29, 1.82) is 0 Å². The third-order valence-electron chi connectivity index (χ3n) is 7.11. The van der Waals surface area contributed by atoms with Crippen molar-refractivity contribution >= 4 is 16.8 Å². The molecule has 3 aromatic rings. The molecule has 1 aliphatic heterocycles. The van der Waals surface area contributed by atoms with Crippen LogP contribution in [-0.2, 0) is 17.8 Å². The van der Waals surface area contributed by atoms with Crippen molar-refractivity contribution in [2.45, 2.75) is 51.2 Å². The summed E-state index contributed by atoms with van der Waals surface area (Å²) in [4.78, 5) is 15.5. The molecule has 2 aliphatic rings. The molecule has 0 bridgehead atoms. The summed E-state index contributed by atoms with van der Waals surface area (Å²) in [7, 11) is 2.19. The monoisotopic (exact) mass is 401 g/mol. The van der Waals surface area contributed by atoms with Gasteiger partial charge in [0.15, 0.2) is 0 Å². The zero-order valence-electron chi connectivity index (χ0n) is 18.1. The maximum absolute atomic E-state index is 13.0. The number of nitrogens with one attached hydrogen (secondary N) is 1. The van der Waals surface area contributed by atoms with Gasteiger partial charge in [0.25, 0.3) is 0 Å². The normalized spacial score (nSPS) is 23.5. The molecule has 2 heterocycles.